The van der Waals surface area contributed by atoms with Gasteiger partial charge in [-0.1, -0.05) is 58.9 Å². The van der Waals surface area contributed by atoms with E-state index in [1.54, 1.807) is 11.1 Å². The molecular formula is C30H38N6O4. The quantitative estimate of drug-likeness (QED) is 0.545. The number of nitrogens with zero attached hydrogens (tertiary/aromatic N) is 4. The topological polar surface area (TPSA) is 137 Å². The smallest absolute Gasteiger partial charge is 0.246 e. The van der Waals surface area contributed by atoms with Crippen LogP contribution in [-0.2, 0) is 19.1 Å². The summed E-state index contributed by atoms with van der Waals surface area (Å²) in [4.78, 5) is 42.5. The van der Waals surface area contributed by atoms with Gasteiger partial charge in [0.2, 0.25) is 17.7 Å². The monoisotopic (exact) mass is 546 g/mol. The zero-order valence-electron chi connectivity index (χ0n) is 23.8. The van der Waals surface area contributed by atoms with Crippen LogP contribution in [-0.4, -0.2) is 64.7 Å². The van der Waals surface area contributed by atoms with Crippen LogP contribution >= 0.6 is 0 Å². The summed E-state index contributed by atoms with van der Waals surface area (Å²) in [5, 5.41) is 25.6. The molecule has 40 heavy (non-hydrogen) atoms. The highest BCUT2D eigenvalue weighted by molar-refractivity contribution is 5.94. The number of hydrogen-bond acceptors (Lipinski definition) is 7. The summed E-state index contributed by atoms with van der Waals surface area (Å²) in [6, 6.07) is 7.01. The van der Waals surface area contributed by atoms with E-state index in [1.165, 1.54) is 0 Å². The molecule has 10 heteroatoms. The third-order valence-electron chi connectivity index (χ3n) is 8.96. The van der Waals surface area contributed by atoms with Crippen LogP contribution in [0.1, 0.15) is 59.2 Å². The third kappa shape index (κ3) is 5.15. The van der Waals surface area contributed by atoms with Gasteiger partial charge in [-0.25, -0.2) is 0 Å². The van der Waals surface area contributed by atoms with Crippen LogP contribution in [0.5, 0.6) is 0 Å². The van der Waals surface area contributed by atoms with E-state index in [1.807, 2.05) is 45.0 Å². The Kier molecular flexibility index (Phi) is 7.29. The fourth-order valence-electron chi connectivity index (χ4n) is 6.51. The van der Waals surface area contributed by atoms with Gasteiger partial charge in [-0.2, -0.15) is 15.5 Å². The van der Waals surface area contributed by atoms with Crippen molar-refractivity contribution in [3.63, 3.8) is 0 Å². The van der Waals surface area contributed by atoms with E-state index in [2.05, 4.69) is 40.7 Å². The number of aromatic nitrogens is 2. The molecule has 1 aliphatic carbocycles. The van der Waals surface area contributed by atoms with Gasteiger partial charge in [0.25, 0.3) is 0 Å². The summed E-state index contributed by atoms with van der Waals surface area (Å²) in [5.41, 5.74) is -0.314. The molecule has 2 N–H and O–H groups in total. The largest absolute Gasteiger partial charge is 0.381 e. The van der Waals surface area contributed by atoms with Crippen LogP contribution in [0.2, 0.25) is 0 Å². The first-order chi connectivity index (χ1) is 18.9. The van der Waals surface area contributed by atoms with Gasteiger partial charge in [0, 0.05) is 37.0 Å². The number of fused-ring (bicyclic) bond motifs is 2. The van der Waals surface area contributed by atoms with Crippen LogP contribution in [0.15, 0.2) is 30.5 Å². The lowest BCUT2D eigenvalue weighted by atomic mass is 9.85. The number of rotatable bonds is 7. The molecule has 0 radical (unpaired) electrons. The van der Waals surface area contributed by atoms with Crippen molar-refractivity contribution in [2.24, 2.45) is 28.6 Å². The Morgan fingerprint density at radius 2 is 1.98 bits per heavy atom. The molecule has 3 amide bonds. The number of nitrogens with one attached hydrogen (secondary N) is 2. The zero-order valence-corrected chi connectivity index (χ0v) is 23.8. The fraction of sp³-hybridized carbons (Fsp3) is 0.600. The van der Waals surface area contributed by atoms with Crippen molar-refractivity contribution in [1.29, 1.82) is 5.26 Å². The number of carbonyl (C=O) groups is 3. The molecule has 2 aromatic rings. The van der Waals surface area contributed by atoms with Crippen LogP contribution in [0.3, 0.4) is 0 Å². The number of likely N-dealkylation sites (tertiary alicyclic amines) is 1. The molecule has 0 bridgehead atoms. The number of amides is 3. The van der Waals surface area contributed by atoms with Gasteiger partial charge >= 0.3 is 0 Å². The average molecular weight is 547 g/mol. The molecule has 3 heterocycles. The fourth-order valence-corrected chi connectivity index (χ4v) is 6.51. The summed E-state index contributed by atoms with van der Waals surface area (Å²) in [6.07, 6.45) is 2.75. The van der Waals surface area contributed by atoms with Crippen molar-refractivity contribution in [2.45, 2.75) is 65.6 Å². The molecule has 6 atom stereocenters. The Balaban J connectivity index is 1.38. The van der Waals surface area contributed by atoms with E-state index in [9.17, 15) is 19.6 Å². The number of piperidine rings is 1. The van der Waals surface area contributed by atoms with Crippen molar-refractivity contribution >= 4 is 28.5 Å². The minimum atomic E-state index is -1.03. The minimum absolute atomic E-state index is 0.0404. The number of carbonyl (C=O) groups excluding carboxylic acids is 3. The second kappa shape index (κ2) is 10.4. The lowest BCUT2D eigenvalue weighted by molar-refractivity contribution is -0.145. The van der Waals surface area contributed by atoms with E-state index >= 15 is 0 Å². The first-order valence-electron chi connectivity index (χ1n) is 14.0. The molecule has 3 aliphatic rings. The van der Waals surface area contributed by atoms with Gasteiger partial charge in [-0.3, -0.25) is 14.4 Å². The van der Waals surface area contributed by atoms with Gasteiger partial charge < -0.3 is 20.3 Å². The maximum atomic E-state index is 14.1. The Morgan fingerprint density at radius 1 is 1.23 bits per heavy atom. The molecule has 1 aromatic carbocycles. The van der Waals surface area contributed by atoms with Gasteiger partial charge in [0.05, 0.1) is 12.3 Å². The van der Waals surface area contributed by atoms with Crippen LogP contribution < -0.4 is 10.6 Å². The number of hydrogen-bond donors (Lipinski definition) is 2. The molecule has 2 saturated heterocycles. The maximum absolute atomic E-state index is 14.1. The van der Waals surface area contributed by atoms with E-state index in [4.69, 9.17) is 4.74 Å². The molecular weight excluding hydrogens is 508 g/mol. The summed E-state index contributed by atoms with van der Waals surface area (Å²) in [6.45, 7) is 11.6. The van der Waals surface area contributed by atoms with Crippen molar-refractivity contribution in [2.75, 3.05) is 19.8 Å². The first kappa shape index (κ1) is 28.0. The normalized spacial score (nSPS) is 26.4. The van der Waals surface area contributed by atoms with E-state index < -0.39 is 29.4 Å². The third-order valence-corrected chi connectivity index (χ3v) is 8.96. The predicted molar refractivity (Wildman–Crippen MR) is 147 cm³/mol. The van der Waals surface area contributed by atoms with E-state index in [0.29, 0.717) is 31.9 Å². The summed E-state index contributed by atoms with van der Waals surface area (Å²) < 4.78 is 5.40. The molecule has 0 spiro atoms. The zero-order chi connectivity index (χ0) is 28.8. The van der Waals surface area contributed by atoms with Gasteiger partial charge in [0.1, 0.15) is 17.8 Å². The lowest BCUT2D eigenvalue weighted by Crippen LogP contribution is -2.59. The van der Waals surface area contributed by atoms with Crippen molar-refractivity contribution < 1.29 is 19.1 Å². The first-order valence-corrected chi connectivity index (χ1v) is 14.0. The number of nitriles is 1. The minimum Gasteiger partial charge on any atom is -0.381 e. The van der Waals surface area contributed by atoms with Crippen molar-refractivity contribution in [1.82, 2.24) is 25.7 Å². The van der Waals surface area contributed by atoms with Crippen LogP contribution in [0, 0.1) is 39.9 Å². The van der Waals surface area contributed by atoms with Crippen LogP contribution in [0.4, 0.5) is 0 Å². The second-order valence-corrected chi connectivity index (χ2v) is 13.1. The van der Waals surface area contributed by atoms with E-state index in [-0.39, 0.29) is 35.0 Å². The standard InChI is InChI=1S/C30H38N6O4/c1-29(2,3)26(34-22(37)12-17-10-11-40-16-17)28(39)36-15-20-23(30(20,4)5)25(36)27(38)33-21(13-31)24-19-9-7-6-8-18(19)14-32-35-24/h6-9,14,17,20-21,23,25-26H,10-12,15-16H2,1-5H3,(H,33,38)(H,34,37)/t17?,20-,21?,23-,25-,26?/m0/s1. The molecule has 10 nitrogen and oxygen atoms in total. The Morgan fingerprint density at radius 3 is 2.65 bits per heavy atom. The van der Waals surface area contributed by atoms with Crippen molar-refractivity contribution in [3.8, 4) is 6.07 Å². The summed E-state index contributed by atoms with van der Waals surface area (Å²) >= 11 is 0. The Bertz CT molecular complexity index is 1350. The maximum Gasteiger partial charge on any atom is 0.246 e. The van der Waals surface area contributed by atoms with E-state index in [0.717, 1.165) is 17.2 Å². The molecule has 1 aromatic heterocycles. The number of benzene rings is 1. The van der Waals surface area contributed by atoms with Gasteiger partial charge in [-0.05, 0) is 35.0 Å². The Labute approximate surface area is 234 Å². The highest BCUT2D eigenvalue weighted by Crippen LogP contribution is 2.65. The highest BCUT2D eigenvalue weighted by atomic mass is 16.5. The lowest BCUT2D eigenvalue weighted by Gasteiger charge is -2.38. The average Bonchev–Trinajstić information content (AvgIpc) is 3.33. The highest BCUT2D eigenvalue weighted by Gasteiger charge is 2.69. The van der Waals surface area contributed by atoms with Gasteiger partial charge in [0.15, 0.2) is 6.04 Å². The second-order valence-electron chi connectivity index (χ2n) is 13.1. The molecule has 2 aliphatic heterocycles. The molecule has 5 rings (SSSR count). The predicted octanol–water partition coefficient (Wildman–Crippen LogP) is 2.75. The summed E-state index contributed by atoms with van der Waals surface area (Å²) in [7, 11) is 0. The molecule has 1 saturated carbocycles. The van der Waals surface area contributed by atoms with Gasteiger partial charge in [-0.15, -0.1) is 0 Å². The summed E-state index contributed by atoms with van der Waals surface area (Å²) in [5.74, 6) is -0.582. The molecule has 3 fully saturated rings. The Hall–Kier alpha value is -3.58. The van der Waals surface area contributed by atoms with Crippen LogP contribution in [0.25, 0.3) is 10.8 Å². The van der Waals surface area contributed by atoms with Crippen molar-refractivity contribution in [3.05, 3.63) is 36.2 Å². The molecule has 212 valence electrons. The SMILES string of the molecule is CC(C)(C)C(NC(=O)CC1CCOC1)C(=O)N1C[C@H]2[C@@H]([C@H]1C(=O)NC(C#N)c1nncc3ccccc13)C2(C)C. The molecule has 3 unspecified atom stereocenters. The number of ether oxygens (including phenoxy) is 1.